The summed E-state index contributed by atoms with van der Waals surface area (Å²) >= 11 is 0. The van der Waals surface area contributed by atoms with Crippen molar-refractivity contribution in [3.8, 4) is 17.1 Å². The number of aromatic nitrogens is 1. The molecule has 10 heteroatoms. The number of aliphatic hydroxyl groups excluding tert-OH is 2. The maximum absolute atomic E-state index is 13.4. The summed E-state index contributed by atoms with van der Waals surface area (Å²) < 4.78 is 24.2. The standard InChI is InChI=1S/C33H39NO9/c1-31-11-10-24(42-29(38)18-8-9-18)32(2,16-40-28(37)17-6-7-17)22(31)14-23(35)33(3)27(31)26(36)25-21(43-33)13-20(41-30(25)39)19-5-4-12-34-15-19/h4-5,12-13,15,17-18,22-24,26-27,35-36H,6-11,14,16H2,1-3H3/t22?,23-,24-,26-,27+,31-,32?,33+/m0/s1. The number of pyridine rings is 1. The Kier molecular flexibility index (Phi) is 6.56. The number of carbonyl (C=O) groups excluding carboxylic acids is 2. The number of carbonyl (C=O) groups is 2. The van der Waals surface area contributed by atoms with Crippen LogP contribution in [-0.4, -0.2) is 51.6 Å². The van der Waals surface area contributed by atoms with Gasteiger partial charge in [0.1, 0.15) is 35.4 Å². The SMILES string of the molecule is CC1(COC(=O)C2CC2)C2C[C@H](O)[C@@]3(C)Oc4cc(-c5cccnc5)oc(=O)c4[C@H](O)[C@@H]3[C@@]2(C)CC[C@@H]1OC(=O)C1CC1. The van der Waals surface area contributed by atoms with Crippen molar-refractivity contribution in [2.75, 3.05) is 6.61 Å². The third-order valence-corrected chi connectivity index (χ3v) is 11.2. The van der Waals surface area contributed by atoms with Crippen LogP contribution in [-0.2, 0) is 19.1 Å². The Labute approximate surface area is 249 Å². The van der Waals surface area contributed by atoms with Gasteiger partial charge in [-0.05, 0) is 75.3 Å². The summed E-state index contributed by atoms with van der Waals surface area (Å²) in [7, 11) is 0. The van der Waals surface area contributed by atoms with Gasteiger partial charge in [-0.2, -0.15) is 0 Å². The van der Waals surface area contributed by atoms with Gasteiger partial charge < -0.3 is 28.8 Å². The molecule has 4 aliphatic carbocycles. The molecule has 0 amide bonds. The highest BCUT2D eigenvalue weighted by molar-refractivity contribution is 5.75. The van der Waals surface area contributed by atoms with Crippen LogP contribution in [0.3, 0.4) is 0 Å². The molecule has 0 spiro atoms. The number of ether oxygens (including phenoxy) is 3. The molecular formula is C33H39NO9. The van der Waals surface area contributed by atoms with E-state index in [4.69, 9.17) is 18.6 Å². The molecule has 2 aromatic rings. The van der Waals surface area contributed by atoms with Gasteiger partial charge in [0.2, 0.25) is 0 Å². The number of esters is 2. The van der Waals surface area contributed by atoms with Gasteiger partial charge in [-0.15, -0.1) is 0 Å². The lowest BCUT2D eigenvalue weighted by Crippen LogP contribution is -2.71. The fraction of sp³-hybridized carbons (Fsp3) is 0.636. The van der Waals surface area contributed by atoms with Crippen LogP contribution in [0.25, 0.3) is 11.3 Å². The molecule has 2 aromatic heterocycles. The summed E-state index contributed by atoms with van der Waals surface area (Å²) in [5, 5.41) is 23.8. The van der Waals surface area contributed by atoms with Crippen LogP contribution >= 0.6 is 0 Å². The number of hydrogen-bond donors (Lipinski definition) is 2. The average Bonchev–Trinajstić information content (AvgIpc) is 3.88. The molecule has 0 radical (unpaired) electrons. The van der Waals surface area contributed by atoms with Gasteiger partial charge in [-0.25, -0.2) is 4.79 Å². The van der Waals surface area contributed by atoms with Gasteiger partial charge in [0.25, 0.3) is 0 Å². The zero-order valence-electron chi connectivity index (χ0n) is 24.8. The Balaban J connectivity index is 1.27. The Hall–Kier alpha value is -3.24. The highest BCUT2D eigenvalue weighted by Crippen LogP contribution is 2.67. The molecule has 7 rings (SSSR count). The molecule has 230 valence electrons. The van der Waals surface area contributed by atoms with E-state index in [-0.39, 0.29) is 59.8 Å². The fourth-order valence-electron chi connectivity index (χ4n) is 8.45. The molecule has 2 N–H and O–H groups in total. The van der Waals surface area contributed by atoms with E-state index in [0.717, 1.165) is 25.7 Å². The maximum Gasteiger partial charge on any atom is 0.345 e. The number of aliphatic hydroxyl groups is 2. The topological polar surface area (TPSA) is 145 Å². The van der Waals surface area contributed by atoms with E-state index in [1.807, 2.05) is 6.92 Å². The van der Waals surface area contributed by atoms with Crippen molar-refractivity contribution in [2.24, 2.45) is 34.5 Å². The number of fused-ring (bicyclic) bond motifs is 4. The van der Waals surface area contributed by atoms with Crippen LogP contribution in [0.1, 0.15) is 77.4 Å². The molecule has 3 heterocycles. The Morgan fingerprint density at radius 1 is 1.07 bits per heavy atom. The lowest BCUT2D eigenvalue weighted by Gasteiger charge is -2.66. The second-order valence-electron chi connectivity index (χ2n) is 14.1. The highest BCUT2D eigenvalue weighted by Gasteiger charge is 2.70. The molecule has 4 saturated carbocycles. The van der Waals surface area contributed by atoms with E-state index in [0.29, 0.717) is 18.4 Å². The first-order chi connectivity index (χ1) is 20.5. The first-order valence-electron chi connectivity index (χ1n) is 15.5. The maximum atomic E-state index is 13.4. The van der Waals surface area contributed by atoms with Crippen molar-refractivity contribution in [3.63, 3.8) is 0 Å². The van der Waals surface area contributed by atoms with Crippen molar-refractivity contribution in [1.82, 2.24) is 4.98 Å². The first-order valence-corrected chi connectivity index (χ1v) is 15.5. The molecule has 2 unspecified atom stereocenters. The normalized spacial score (nSPS) is 38.1. The minimum absolute atomic E-state index is 0.0216. The van der Waals surface area contributed by atoms with E-state index in [1.54, 1.807) is 37.5 Å². The van der Waals surface area contributed by atoms with E-state index in [2.05, 4.69) is 11.9 Å². The molecular weight excluding hydrogens is 554 g/mol. The summed E-state index contributed by atoms with van der Waals surface area (Å²) in [6, 6.07) is 5.06. The smallest absolute Gasteiger partial charge is 0.345 e. The van der Waals surface area contributed by atoms with Gasteiger partial charge >= 0.3 is 17.6 Å². The van der Waals surface area contributed by atoms with Crippen molar-refractivity contribution in [3.05, 3.63) is 46.6 Å². The molecule has 1 aliphatic heterocycles. The Morgan fingerprint density at radius 2 is 1.79 bits per heavy atom. The summed E-state index contributed by atoms with van der Waals surface area (Å²) in [5.74, 6) is -1.26. The van der Waals surface area contributed by atoms with Gasteiger partial charge in [-0.1, -0.05) is 13.8 Å². The summed E-state index contributed by atoms with van der Waals surface area (Å²) in [5.41, 5.74) is -2.85. The first kappa shape index (κ1) is 28.5. The molecule has 8 atom stereocenters. The lowest BCUT2D eigenvalue weighted by molar-refractivity contribution is -0.267. The van der Waals surface area contributed by atoms with Crippen LogP contribution in [0.5, 0.6) is 5.75 Å². The zero-order chi connectivity index (χ0) is 30.3. The molecule has 5 aliphatic rings. The second kappa shape index (κ2) is 9.89. The van der Waals surface area contributed by atoms with E-state index < -0.39 is 46.3 Å². The number of nitrogens with zero attached hydrogens (tertiary/aromatic N) is 1. The third-order valence-electron chi connectivity index (χ3n) is 11.2. The van der Waals surface area contributed by atoms with Crippen molar-refractivity contribution < 1.29 is 38.4 Å². The van der Waals surface area contributed by atoms with E-state index in [9.17, 15) is 24.6 Å². The lowest BCUT2D eigenvalue weighted by atomic mass is 9.42. The van der Waals surface area contributed by atoms with Crippen LogP contribution in [0, 0.1) is 34.5 Å². The third kappa shape index (κ3) is 4.51. The van der Waals surface area contributed by atoms with Crippen LogP contribution in [0.4, 0.5) is 0 Å². The number of hydrogen-bond acceptors (Lipinski definition) is 10. The zero-order valence-corrected chi connectivity index (χ0v) is 24.8. The minimum atomic E-state index is -1.29. The van der Waals surface area contributed by atoms with Crippen LogP contribution < -0.4 is 10.4 Å². The van der Waals surface area contributed by atoms with Gasteiger partial charge in [0.05, 0.1) is 24.0 Å². The van der Waals surface area contributed by atoms with Crippen molar-refractivity contribution in [2.45, 2.75) is 89.6 Å². The Morgan fingerprint density at radius 3 is 2.47 bits per heavy atom. The molecule has 0 bridgehead atoms. The van der Waals surface area contributed by atoms with Crippen LogP contribution in [0.2, 0.25) is 0 Å². The average molecular weight is 594 g/mol. The molecule has 0 aromatic carbocycles. The van der Waals surface area contributed by atoms with Gasteiger partial charge in [0, 0.05) is 35.4 Å². The quantitative estimate of drug-likeness (QED) is 0.472. The van der Waals surface area contributed by atoms with Crippen molar-refractivity contribution in [1.29, 1.82) is 0 Å². The summed E-state index contributed by atoms with van der Waals surface area (Å²) in [6.45, 7) is 5.84. The van der Waals surface area contributed by atoms with E-state index >= 15 is 0 Å². The largest absolute Gasteiger partial charge is 0.484 e. The van der Waals surface area contributed by atoms with Gasteiger partial charge in [0.15, 0.2) is 0 Å². The number of rotatable bonds is 6. The molecule has 43 heavy (non-hydrogen) atoms. The predicted molar refractivity (Wildman–Crippen MR) is 152 cm³/mol. The fourth-order valence-corrected chi connectivity index (χ4v) is 8.45. The highest BCUT2D eigenvalue weighted by atomic mass is 16.6. The summed E-state index contributed by atoms with van der Waals surface area (Å²) in [4.78, 5) is 43.1. The predicted octanol–water partition coefficient (Wildman–Crippen LogP) is 3.96. The Bertz CT molecular complexity index is 1500. The minimum Gasteiger partial charge on any atom is -0.484 e. The van der Waals surface area contributed by atoms with Crippen molar-refractivity contribution >= 4 is 11.9 Å². The monoisotopic (exact) mass is 593 g/mol. The second-order valence-corrected chi connectivity index (χ2v) is 14.1. The van der Waals surface area contributed by atoms with Crippen LogP contribution in [0.15, 0.2) is 39.8 Å². The van der Waals surface area contributed by atoms with E-state index in [1.165, 1.54) is 0 Å². The molecule has 4 fully saturated rings. The molecule has 10 nitrogen and oxygen atoms in total. The van der Waals surface area contributed by atoms with Gasteiger partial charge in [-0.3, -0.25) is 14.6 Å². The molecule has 0 saturated heterocycles. The summed E-state index contributed by atoms with van der Waals surface area (Å²) in [6.07, 6.45) is 4.89.